The standard InChI is InChI=1S/C22H19N5OS/c1-16-8-5-6-12-19(16)24-20(28)15-29-22-26-25-21(17-9-7-13-23-14-17)27(22)18-10-3-2-4-11-18/h2-14H,15H2,1H3,(H,24,28). The maximum absolute atomic E-state index is 12.5. The number of hydrogen-bond donors (Lipinski definition) is 1. The van der Waals surface area contributed by atoms with Crippen molar-refractivity contribution in [3.8, 4) is 17.1 Å². The molecule has 2 heterocycles. The Kier molecular flexibility index (Phi) is 5.67. The zero-order chi connectivity index (χ0) is 20.1. The molecule has 0 aliphatic carbocycles. The van der Waals surface area contributed by atoms with Crippen LogP contribution in [0.5, 0.6) is 0 Å². The summed E-state index contributed by atoms with van der Waals surface area (Å²) >= 11 is 1.35. The summed E-state index contributed by atoms with van der Waals surface area (Å²) in [6, 6.07) is 21.4. The number of para-hydroxylation sites is 2. The van der Waals surface area contributed by atoms with Gasteiger partial charge in [-0.15, -0.1) is 10.2 Å². The summed E-state index contributed by atoms with van der Waals surface area (Å²) in [5.41, 5.74) is 3.63. The largest absolute Gasteiger partial charge is 0.325 e. The van der Waals surface area contributed by atoms with Crippen LogP contribution in [0.25, 0.3) is 17.1 Å². The van der Waals surface area contributed by atoms with Crippen LogP contribution in [0.1, 0.15) is 5.56 Å². The number of carbonyl (C=O) groups excluding carboxylic acids is 1. The first-order chi connectivity index (χ1) is 14.2. The third-order valence-electron chi connectivity index (χ3n) is 4.32. The number of carbonyl (C=O) groups is 1. The summed E-state index contributed by atoms with van der Waals surface area (Å²) in [7, 11) is 0. The van der Waals surface area contributed by atoms with E-state index in [-0.39, 0.29) is 11.7 Å². The van der Waals surface area contributed by atoms with Crippen LogP contribution >= 0.6 is 11.8 Å². The molecule has 6 nitrogen and oxygen atoms in total. The number of rotatable bonds is 6. The van der Waals surface area contributed by atoms with Crippen molar-refractivity contribution in [2.75, 3.05) is 11.1 Å². The van der Waals surface area contributed by atoms with Crippen molar-refractivity contribution in [1.29, 1.82) is 0 Å². The minimum atomic E-state index is -0.0881. The van der Waals surface area contributed by atoms with Gasteiger partial charge in [0, 0.05) is 29.3 Å². The summed E-state index contributed by atoms with van der Waals surface area (Å²) in [5.74, 6) is 0.827. The fourth-order valence-electron chi connectivity index (χ4n) is 2.88. The molecule has 0 fully saturated rings. The van der Waals surface area contributed by atoms with Crippen molar-refractivity contribution in [2.24, 2.45) is 0 Å². The number of nitrogens with one attached hydrogen (secondary N) is 1. The first-order valence-corrected chi connectivity index (χ1v) is 10.1. The third-order valence-corrected chi connectivity index (χ3v) is 5.25. The molecular weight excluding hydrogens is 382 g/mol. The summed E-state index contributed by atoms with van der Waals surface area (Å²) < 4.78 is 1.95. The highest BCUT2D eigenvalue weighted by atomic mass is 32.2. The molecule has 0 aliphatic rings. The quantitative estimate of drug-likeness (QED) is 0.486. The normalized spacial score (nSPS) is 10.7. The molecule has 1 amide bonds. The van der Waals surface area contributed by atoms with E-state index in [4.69, 9.17) is 0 Å². The fourth-order valence-corrected chi connectivity index (χ4v) is 3.64. The molecule has 4 rings (SSSR count). The molecule has 2 aromatic heterocycles. The molecule has 0 spiro atoms. The van der Waals surface area contributed by atoms with Crippen LogP contribution in [0, 0.1) is 6.92 Å². The number of thioether (sulfide) groups is 1. The van der Waals surface area contributed by atoms with Gasteiger partial charge in [0.15, 0.2) is 11.0 Å². The molecule has 0 saturated carbocycles. The van der Waals surface area contributed by atoms with Crippen LogP contribution < -0.4 is 5.32 Å². The molecular formula is C22H19N5OS. The number of hydrogen-bond acceptors (Lipinski definition) is 5. The lowest BCUT2D eigenvalue weighted by Gasteiger charge is -2.11. The van der Waals surface area contributed by atoms with Crippen LogP contribution in [0.3, 0.4) is 0 Å². The zero-order valence-corrected chi connectivity index (χ0v) is 16.6. The minimum Gasteiger partial charge on any atom is -0.325 e. The SMILES string of the molecule is Cc1ccccc1NC(=O)CSc1nnc(-c2cccnc2)n1-c1ccccc1. The van der Waals surface area contributed by atoms with Crippen molar-refractivity contribution in [1.82, 2.24) is 19.7 Å². The van der Waals surface area contributed by atoms with Gasteiger partial charge in [0.2, 0.25) is 5.91 Å². The lowest BCUT2D eigenvalue weighted by molar-refractivity contribution is -0.113. The van der Waals surface area contributed by atoms with Gasteiger partial charge in [-0.25, -0.2) is 0 Å². The first-order valence-electron chi connectivity index (χ1n) is 9.12. The van der Waals surface area contributed by atoms with Gasteiger partial charge in [-0.05, 0) is 42.8 Å². The van der Waals surface area contributed by atoms with Crippen molar-refractivity contribution in [3.63, 3.8) is 0 Å². The summed E-state index contributed by atoms with van der Waals surface area (Å²) in [6.07, 6.45) is 3.47. The van der Waals surface area contributed by atoms with E-state index in [2.05, 4.69) is 20.5 Å². The highest BCUT2D eigenvalue weighted by molar-refractivity contribution is 7.99. The number of amides is 1. The summed E-state index contributed by atoms with van der Waals surface area (Å²) in [6.45, 7) is 1.97. The van der Waals surface area contributed by atoms with Gasteiger partial charge in [0.25, 0.3) is 0 Å². The second-order valence-electron chi connectivity index (χ2n) is 6.37. The van der Waals surface area contributed by atoms with Crippen LogP contribution in [0.15, 0.2) is 84.3 Å². The summed E-state index contributed by atoms with van der Waals surface area (Å²) in [5, 5.41) is 12.3. The molecule has 7 heteroatoms. The van der Waals surface area contributed by atoms with E-state index in [1.807, 2.05) is 78.2 Å². The minimum absolute atomic E-state index is 0.0881. The second kappa shape index (κ2) is 8.70. The predicted molar refractivity (Wildman–Crippen MR) is 115 cm³/mol. The number of anilines is 1. The van der Waals surface area contributed by atoms with Gasteiger partial charge in [-0.3, -0.25) is 14.3 Å². The van der Waals surface area contributed by atoms with Gasteiger partial charge in [-0.1, -0.05) is 48.2 Å². The van der Waals surface area contributed by atoms with Gasteiger partial charge in [0.05, 0.1) is 5.75 Å². The second-order valence-corrected chi connectivity index (χ2v) is 7.31. The number of pyridine rings is 1. The molecule has 1 N–H and O–H groups in total. The molecule has 0 radical (unpaired) electrons. The molecule has 29 heavy (non-hydrogen) atoms. The van der Waals surface area contributed by atoms with E-state index >= 15 is 0 Å². The van der Waals surface area contributed by atoms with E-state index < -0.39 is 0 Å². The Morgan fingerprint density at radius 2 is 1.79 bits per heavy atom. The summed E-state index contributed by atoms with van der Waals surface area (Å²) in [4.78, 5) is 16.6. The van der Waals surface area contributed by atoms with Crippen molar-refractivity contribution >= 4 is 23.4 Å². The van der Waals surface area contributed by atoms with Crippen LogP contribution in [-0.4, -0.2) is 31.4 Å². The van der Waals surface area contributed by atoms with Crippen molar-refractivity contribution < 1.29 is 4.79 Å². The molecule has 144 valence electrons. The highest BCUT2D eigenvalue weighted by Crippen LogP contribution is 2.27. The Labute approximate surface area is 173 Å². The number of aryl methyl sites for hydroxylation is 1. The lowest BCUT2D eigenvalue weighted by Crippen LogP contribution is -2.15. The third kappa shape index (κ3) is 4.35. The Morgan fingerprint density at radius 1 is 1.00 bits per heavy atom. The van der Waals surface area contributed by atoms with Crippen LogP contribution in [-0.2, 0) is 4.79 Å². The Balaban J connectivity index is 1.58. The highest BCUT2D eigenvalue weighted by Gasteiger charge is 2.17. The topological polar surface area (TPSA) is 72.7 Å². The van der Waals surface area contributed by atoms with Gasteiger partial charge in [-0.2, -0.15) is 0 Å². The smallest absolute Gasteiger partial charge is 0.234 e. The number of aromatic nitrogens is 4. The Hall–Kier alpha value is -3.45. The maximum atomic E-state index is 12.5. The zero-order valence-electron chi connectivity index (χ0n) is 15.8. The van der Waals surface area contributed by atoms with E-state index in [9.17, 15) is 4.79 Å². The van der Waals surface area contributed by atoms with Crippen LogP contribution in [0.2, 0.25) is 0 Å². The molecule has 4 aromatic rings. The molecule has 0 saturated heterocycles. The van der Waals surface area contributed by atoms with E-state index in [0.717, 1.165) is 22.5 Å². The molecule has 0 bridgehead atoms. The monoisotopic (exact) mass is 401 g/mol. The number of nitrogens with zero attached hydrogens (tertiary/aromatic N) is 4. The van der Waals surface area contributed by atoms with Gasteiger partial charge < -0.3 is 5.32 Å². The number of benzene rings is 2. The van der Waals surface area contributed by atoms with E-state index in [1.54, 1.807) is 12.4 Å². The average Bonchev–Trinajstić information content (AvgIpc) is 3.19. The van der Waals surface area contributed by atoms with Crippen molar-refractivity contribution in [3.05, 3.63) is 84.7 Å². The van der Waals surface area contributed by atoms with Crippen molar-refractivity contribution in [2.45, 2.75) is 12.1 Å². The van der Waals surface area contributed by atoms with Crippen LogP contribution in [0.4, 0.5) is 5.69 Å². The van der Waals surface area contributed by atoms with Gasteiger partial charge >= 0.3 is 0 Å². The maximum Gasteiger partial charge on any atom is 0.234 e. The Bertz CT molecular complexity index is 1110. The van der Waals surface area contributed by atoms with Gasteiger partial charge in [0.1, 0.15) is 0 Å². The molecule has 0 aliphatic heterocycles. The molecule has 0 unspecified atom stereocenters. The molecule has 2 aromatic carbocycles. The predicted octanol–water partition coefficient (Wildman–Crippen LogP) is 4.37. The lowest BCUT2D eigenvalue weighted by atomic mass is 10.2. The Morgan fingerprint density at radius 3 is 2.55 bits per heavy atom. The first kappa shape index (κ1) is 18.9. The van der Waals surface area contributed by atoms with E-state index in [1.165, 1.54) is 11.8 Å². The molecule has 0 atom stereocenters. The fraction of sp³-hybridized carbons (Fsp3) is 0.0909. The van der Waals surface area contributed by atoms with E-state index in [0.29, 0.717) is 11.0 Å². The average molecular weight is 401 g/mol.